The molecule has 0 saturated heterocycles. The summed E-state index contributed by atoms with van der Waals surface area (Å²) < 4.78 is 1.95. The van der Waals surface area contributed by atoms with Gasteiger partial charge in [-0.15, -0.1) is 0 Å². The largest absolute Gasteiger partial charge is 0.375 e. The Morgan fingerprint density at radius 2 is 2.13 bits per heavy atom. The number of hydrogen-bond donors (Lipinski definition) is 1. The average molecular weight is 222 g/mol. The quantitative estimate of drug-likeness (QED) is 0.804. The molecule has 4 nitrogen and oxygen atoms in total. The van der Waals surface area contributed by atoms with Crippen LogP contribution in [-0.2, 0) is 5.41 Å². The molecular weight excluding hydrogens is 208 g/mol. The fraction of sp³-hybridized carbons (Fsp3) is 0.400. The zero-order valence-corrected chi connectivity index (χ0v) is 9.88. The molecule has 5 heteroatoms. The van der Waals surface area contributed by atoms with Crippen LogP contribution in [0.25, 0.3) is 5.00 Å². The molecular formula is C10H14N4S. The molecule has 0 saturated carbocycles. The minimum atomic E-state index is -0.00623. The molecule has 2 aromatic rings. The summed E-state index contributed by atoms with van der Waals surface area (Å²) in [4.78, 5) is 8.42. The van der Waals surface area contributed by atoms with Gasteiger partial charge in [-0.2, -0.15) is 0 Å². The summed E-state index contributed by atoms with van der Waals surface area (Å²) in [5, 5.41) is 1.65. The van der Waals surface area contributed by atoms with Crippen LogP contribution >= 0.6 is 11.3 Å². The summed E-state index contributed by atoms with van der Waals surface area (Å²) in [5.41, 5.74) is 6.77. The molecule has 0 aliphatic carbocycles. The Morgan fingerprint density at radius 1 is 1.40 bits per heavy atom. The summed E-state index contributed by atoms with van der Waals surface area (Å²) in [7, 11) is 0. The number of nitrogen functional groups attached to an aromatic ring is 1. The van der Waals surface area contributed by atoms with Gasteiger partial charge in [0.2, 0.25) is 0 Å². The highest BCUT2D eigenvalue weighted by atomic mass is 32.1. The van der Waals surface area contributed by atoms with Crippen molar-refractivity contribution >= 4 is 16.5 Å². The van der Waals surface area contributed by atoms with Crippen molar-refractivity contribution < 1.29 is 0 Å². The number of nitrogens with zero attached hydrogens (tertiary/aromatic N) is 3. The monoisotopic (exact) mass is 222 g/mol. The Hall–Kier alpha value is -1.36. The van der Waals surface area contributed by atoms with Gasteiger partial charge in [-0.05, 0) is 0 Å². The van der Waals surface area contributed by atoms with Crippen LogP contribution in [0, 0.1) is 0 Å². The Morgan fingerprint density at radius 3 is 2.67 bits per heavy atom. The average Bonchev–Trinajstić information content (AvgIpc) is 2.68. The van der Waals surface area contributed by atoms with Crippen LogP contribution in [0.1, 0.15) is 26.5 Å². The first-order valence-electron chi connectivity index (χ1n) is 4.73. The Bertz CT molecular complexity index is 450. The molecule has 0 radical (unpaired) electrons. The molecule has 2 heterocycles. The number of thiazole rings is 1. The van der Waals surface area contributed by atoms with E-state index in [4.69, 9.17) is 5.73 Å². The van der Waals surface area contributed by atoms with E-state index < -0.39 is 0 Å². The highest BCUT2D eigenvalue weighted by molar-refractivity contribution is 7.18. The zero-order valence-electron chi connectivity index (χ0n) is 9.06. The second-order valence-electron chi connectivity index (χ2n) is 4.43. The van der Waals surface area contributed by atoms with E-state index >= 15 is 0 Å². The molecule has 0 spiro atoms. The van der Waals surface area contributed by atoms with E-state index in [1.165, 1.54) is 11.3 Å². The third kappa shape index (κ3) is 1.87. The standard InChI is InChI=1S/C10H14N4S/c1-10(2,3)7-8(15-9(11)13-7)14-5-4-12-6-14/h4-6H,1-3H3,(H2,11,13). The van der Waals surface area contributed by atoms with Crippen LogP contribution < -0.4 is 5.73 Å². The van der Waals surface area contributed by atoms with E-state index in [1.54, 1.807) is 12.5 Å². The Balaban J connectivity index is 2.57. The summed E-state index contributed by atoms with van der Waals surface area (Å²) in [5.74, 6) is 0. The Kier molecular flexibility index (Phi) is 2.26. The summed E-state index contributed by atoms with van der Waals surface area (Å²) in [6, 6.07) is 0. The molecule has 2 N–H and O–H groups in total. The van der Waals surface area contributed by atoms with Gasteiger partial charge in [0, 0.05) is 17.8 Å². The highest BCUT2D eigenvalue weighted by Gasteiger charge is 2.23. The van der Waals surface area contributed by atoms with Gasteiger partial charge in [0.25, 0.3) is 0 Å². The second kappa shape index (κ2) is 3.34. The predicted molar refractivity (Wildman–Crippen MR) is 62.3 cm³/mol. The lowest BCUT2D eigenvalue weighted by Crippen LogP contribution is -2.14. The molecule has 0 aliphatic rings. The SMILES string of the molecule is CC(C)(C)c1nc(N)sc1-n1ccnc1. The van der Waals surface area contributed by atoms with Crippen LogP contribution in [-0.4, -0.2) is 14.5 Å². The number of aromatic nitrogens is 3. The van der Waals surface area contributed by atoms with Gasteiger partial charge in [-0.25, -0.2) is 9.97 Å². The fourth-order valence-electron chi connectivity index (χ4n) is 1.37. The van der Waals surface area contributed by atoms with E-state index in [0.717, 1.165) is 10.7 Å². The summed E-state index contributed by atoms with van der Waals surface area (Å²) >= 11 is 1.49. The minimum Gasteiger partial charge on any atom is -0.375 e. The van der Waals surface area contributed by atoms with Gasteiger partial charge in [0.1, 0.15) is 5.00 Å². The molecule has 80 valence electrons. The lowest BCUT2D eigenvalue weighted by molar-refractivity contribution is 0.570. The van der Waals surface area contributed by atoms with Crippen molar-refractivity contribution in [2.45, 2.75) is 26.2 Å². The van der Waals surface area contributed by atoms with E-state index in [2.05, 4.69) is 30.7 Å². The van der Waals surface area contributed by atoms with Gasteiger partial charge >= 0.3 is 0 Å². The number of nitrogens with two attached hydrogens (primary N) is 1. The molecule has 0 aromatic carbocycles. The van der Waals surface area contributed by atoms with Crippen LogP contribution in [0.5, 0.6) is 0 Å². The summed E-state index contributed by atoms with van der Waals surface area (Å²) in [6.07, 6.45) is 5.42. The van der Waals surface area contributed by atoms with Gasteiger partial charge in [-0.3, -0.25) is 4.57 Å². The van der Waals surface area contributed by atoms with Crippen molar-refractivity contribution in [2.24, 2.45) is 0 Å². The molecule has 0 unspecified atom stereocenters. The lowest BCUT2D eigenvalue weighted by Gasteiger charge is -2.17. The minimum absolute atomic E-state index is 0.00623. The maximum absolute atomic E-state index is 5.76. The number of rotatable bonds is 1. The van der Waals surface area contributed by atoms with Gasteiger partial charge in [0.05, 0.1) is 12.0 Å². The normalized spacial score (nSPS) is 11.9. The van der Waals surface area contributed by atoms with Crippen molar-refractivity contribution in [3.63, 3.8) is 0 Å². The maximum atomic E-state index is 5.76. The molecule has 0 aliphatic heterocycles. The number of imidazole rings is 1. The van der Waals surface area contributed by atoms with Crippen LogP contribution in [0.15, 0.2) is 18.7 Å². The van der Waals surface area contributed by atoms with Crippen molar-refractivity contribution in [3.8, 4) is 5.00 Å². The van der Waals surface area contributed by atoms with Gasteiger partial charge in [0.15, 0.2) is 5.13 Å². The first kappa shape index (κ1) is 10.2. The van der Waals surface area contributed by atoms with Gasteiger partial charge in [-0.1, -0.05) is 32.1 Å². The molecule has 0 bridgehead atoms. The fourth-order valence-corrected chi connectivity index (χ4v) is 2.37. The third-order valence-electron chi connectivity index (χ3n) is 2.08. The van der Waals surface area contributed by atoms with E-state index in [1.807, 2.05) is 10.8 Å². The van der Waals surface area contributed by atoms with Crippen molar-refractivity contribution in [1.82, 2.24) is 14.5 Å². The predicted octanol–water partition coefficient (Wildman–Crippen LogP) is 2.21. The van der Waals surface area contributed by atoms with E-state index in [0.29, 0.717) is 5.13 Å². The van der Waals surface area contributed by atoms with Crippen molar-refractivity contribution in [1.29, 1.82) is 0 Å². The first-order chi connectivity index (χ1) is 6.98. The van der Waals surface area contributed by atoms with Crippen molar-refractivity contribution in [2.75, 3.05) is 5.73 Å². The molecule has 2 aromatic heterocycles. The van der Waals surface area contributed by atoms with Crippen LogP contribution in [0.3, 0.4) is 0 Å². The number of anilines is 1. The van der Waals surface area contributed by atoms with E-state index in [9.17, 15) is 0 Å². The van der Waals surface area contributed by atoms with E-state index in [-0.39, 0.29) is 5.41 Å². The molecule has 0 fully saturated rings. The first-order valence-corrected chi connectivity index (χ1v) is 5.55. The van der Waals surface area contributed by atoms with Crippen LogP contribution in [0.2, 0.25) is 0 Å². The zero-order chi connectivity index (χ0) is 11.1. The topological polar surface area (TPSA) is 56.7 Å². The molecule has 2 rings (SSSR count). The Labute approximate surface area is 92.8 Å². The second-order valence-corrected chi connectivity index (χ2v) is 5.43. The molecule has 0 atom stereocenters. The van der Waals surface area contributed by atoms with Gasteiger partial charge < -0.3 is 5.73 Å². The molecule has 15 heavy (non-hydrogen) atoms. The number of hydrogen-bond acceptors (Lipinski definition) is 4. The summed E-state index contributed by atoms with van der Waals surface area (Å²) in [6.45, 7) is 6.38. The highest BCUT2D eigenvalue weighted by Crippen LogP contribution is 2.33. The maximum Gasteiger partial charge on any atom is 0.182 e. The third-order valence-corrected chi connectivity index (χ3v) is 2.97. The molecule has 0 amide bonds. The lowest BCUT2D eigenvalue weighted by atomic mass is 9.92. The van der Waals surface area contributed by atoms with Crippen molar-refractivity contribution in [3.05, 3.63) is 24.4 Å². The van der Waals surface area contributed by atoms with Crippen LogP contribution in [0.4, 0.5) is 5.13 Å². The smallest absolute Gasteiger partial charge is 0.182 e.